The molecule has 0 aromatic carbocycles. The average Bonchev–Trinajstić information content (AvgIpc) is 2.93. The van der Waals surface area contributed by atoms with Gasteiger partial charge in [-0.05, 0) is 25.5 Å². The van der Waals surface area contributed by atoms with Crippen molar-refractivity contribution in [3.8, 4) is 0 Å². The van der Waals surface area contributed by atoms with Gasteiger partial charge in [0.2, 0.25) is 5.91 Å². The van der Waals surface area contributed by atoms with Crippen molar-refractivity contribution >= 4 is 42.1 Å². The molecule has 1 aliphatic rings. The predicted molar refractivity (Wildman–Crippen MR) is 90.9 cm³/mol. The standard InChI is InChI=1S/C13H21N3O2S.2ClH/c1-16(2)11(12-4-3-7-19-12)8-15-13(17)10-9-18-6-5-14-10;;/h3-4,7,10-11,14H,5-6,8-9H2,1-2H3,(H,15,17);2*1H. The number of carbonyl (C=O) groups excluding carboxylic acids is 1. The van der Waals surface area contributed by atoms with Crippen LogP contribution in [0.25, 0.3) is 0 Å². The van der Waals surface area contributed by atoms with E-state index >= 15 is 0 Å². The number of hydrogen-bond donors (Lipinski definition) is 2. The van der Waals surface area contributed by atoms with Crippen molar-refractivity contribution in [2.45, 2.75) is 12.1 Å². The van der Waals surface area contributed by atoms with E-state index in [4.69, 9.17) is 4.74 Å². The number of nitrogens with one attached hydrogen (secondary N) is 2. The predicted octanol–water partition coefficient (Wildman–Crippen LogP) is 1.30. The highest BCUT2D eigenvalue weighted by Crippen LogP contribution is 2.22. The van der Waals surface area contributed by atoms with Crippen LogP contribution in [0.2, 0.25) is 0 Å². The van der Waals surface area contributed by atoms with Crippen LogP contribution in [-0.2, 0) is 9.53 Å². The summed E-state index contributed by atoms with van der Waals surface area (Å²) in [7, 11) is 4.05. The smallest absolute Gasteiger partial charge is 0.239 e. The van der Waals surface area contributed by atoms with Crippen LogP contribution in [0, 0.1) is 0 Å². The monoisotopic (exact) mass is 355 g/mol. The SMILES string of the molecule is CN(C)C(CNC(=O)C1COCCN1)c1cccs1.Cl.Cl. The van der Waals surface area contributed by atoms with Crippen molar-refractivity contribution in [1.29, 1.82) is 0 Å². The number of morpholine rings is 1. The molecule has 21 heavy (non-hydrogen) atoms. The first-order valence-corrected chi connectivity index (χ1v) is 7.35. The van der Waals surface area contributed by atoms with Crippen molar-refractivity contribution in [3.05, 3.63) is 22.4 Å². The summed E-state index contributed by atoms with van der Waals surface area (Å²) >= 11 is 1.71. The van der Waals surface area contributed by atoms with E-state index in [0.29, 0.717) is 19.8 Å². The maximum Gasteiger partial charge on any atom is 0.239 e. The van der Waals surface area contributed by atoms with Gasteiger partial charge in [-0.1, -0.05) is 6.07 Å². The molecule has 1 saturated heterocycles. The largest absolute Gasteiger partial charge is 0.378 e. The fraction of sp³-hybridized carbons (Fsp3) is 0.615. The highest BCUT2D eigenvalue weighted by atomic mass is 35.5. The van der Waals surface area contributed by atoms with Crippen molar-refractivity contribution in [2.24, 2.45) is 0 Å². The quantitative estimate of drug-likeness (QED) is 0.835. The number of halogens is 2. The summed E-state index contributed by atoms with van der Waals surface area (Å²) in [4.78, 5) is 15.4. The second-order valence-corrected chi connectivity index (χ2v) is 5.80. The summed E-state index contributed by atoms with van der Waals surface area (Å²) in [6.07, 6.45) is 0. The van der Waals surface area contributed by atoms with Gasteiger partial charge in [-0.2, -0.15) is 0 Å². The minimum absolute atomic E-state index is 0. The molecular formula is C13H23Cl2N3O2S. The molecular weight excluding hydrogens is 333 g/mol. The lowest BCUT2D eigenvalue weighted by molar-refractivity contribution is -0.126. The van der Waals surface area contributed by atoms with E-state index in [1.54, 1.807) is 11.3 Å². The topological polar surface area (TPSA) is 53.6 Å². The third-order valence-corrected chi connectivity index (χ3v) is 4.18. The van der Waals surface area contributed by atoms with Crippen molar-refractivity contribution in [1.82, 2.24) is 15.5 Å². The van der Waals surface area contributed by atoms with Gasteiger partial charge >= 0.3 is 0 Å². The highest BCUT2D eigenvalue weighted by Gasteiger charge is 2.23. The fourth-order valence-corrected chi connectivity index (χ4v) is 3.00. The molecule has 1 aromatic rings. The Morgan fingerprint density at radius 3 is 2.86 bits per heavy atom. The molecule has 1 fully saturated rings. The molecule has 2 rings (SSSR count). The van der Waals surface area contributed by atoms with E-state index in [1.807, 2.05) is 20.2 Å². The maximum atomic E-state index is 12.0. The van der Waals surface area contributed by atoms with Gasteiger partial charge in [0, 0.05) is 18.0 Å². The Morgan fingerprint density at radius 2 is 2.33 bits per heavy atom. The van der Waals surface area contributed by atoms with Gasteiger partial charge in [-0.25, -0.2) is 0 Å². The minimum Gasteiger partial charge on any atom is -0.378 e. The van der Waals surface area contributed by atoms with Crippen LogP contribution >= 0.6 is 36.2 Å². The molecule has 0 spiro atoms. The maximum absolute atomic E-state index is 12.0. The molecule has 2 unspecified atom stereocenters. The summed E-state index contributed by atoms with van der Waals surface area (Å²) in [5.41, 5.74) is 0. The molecule has 5 nitrogen and oxygen atoms in total. The van der Waals surface area contributed by atoms with Gasteiger partial charge in [0.15, 0.2) is 0 Å². The number of rotatable bonds is 5. The normalized spacial score (nSPS) is 19.3. The first-order valence-electron chi connectivity index (χ1n) is 6.47. The van der Waals surface area contributed by atoms with Gasteiger partial charge in [0.05, 0.1) is 19.3 Å². The summed E-state index contributed by atoms with van der Waals surface area (Å²) in [5, 5.41) is 8.22. The van der Waals surface area contributed by atoms with E-state index in [2.05, 4.69) is 27.0 Å². The lowest BCUT2D eigenvalue weighted by atomic mass is 10.2. The third kappa shape index (κ3) is 6.10. The molecule has 1 aromatic heterocycles. The van der Waals surface area contributed by atoms with E-state index in [9.17, 15) is 4.79 Å². The van der Waals surface area contributed by atoms with Crippen molar-refractivity contribution in [3.63, 3.8) is 0 Å². The molecule has 8 heteroatoms. The van der Waals surface area contributed by atoms with E-state index in [0.717, 1.165) is 6.54 Å². The van der Waals surface area contributed by atoms with E-state index in [-0.39, 0.29) is 42.8 Å². The van der Waals surface area contributed by atoms with Gasteiger partial charge < -0.3 is 20.3 Å². The van der Waals surface area contributed by atoms with E-state index < -0.39 is 0 Å². The second kappa shape index (κ2) is 10.4. The Bertz CT molecular complexity index is 398. The number of thiophene rings is 1. The molecule has 2 atom stereocenters. The molecule has 0 radical (unpaired) electrons. The number of ether oxygens (including phenoxy) is 1. The van der Waals surface area contributed by atoms with Crippen LogP contribution in [0.5, 0.6) is 0 Å². The number of amides is 1. The van der Waals surface area contributed by atoms with Gasteiger partial charge in [0.1, 0.15) is 6.04 Å². The van der Waals surface area contributed by atoms with Gasteiger partial charge in [-0.3, -0.25) is 4.79 Å². The first kappa shape index (κ1) is 20.6. The van der Waals surface area contributed by atoms with Crippen LogP contribution in [0.4, 0.5) is 0 Å². The Labute approximate surface area is 142 Å². The zero-order valence-corrected chi connectivity index (χ0v) is 14.7. The Balaban J connectivity index is 0.00000200. The highest BCUT2D eigenvalue weighted by molar-refractivity contribution is 7.10. The lowest BCUT2D eigenvalue weighted by Gasteiger charge is -2.26. The van der Waals surface area contributed by atoms with Crippen molar-refractivity contribution in [2.75, 3.05) is 40.4 Å². The average molecular weight is 356 g/mol. The molecule has 122 valence electrons. The van der Waals surface area contributed by atoms with Gasteiger partial charge in [0.25, 0.3) is 0 Å². The van der Waals surface area contributed by atoms with Gasteiger partial charge in [-0.15, -0.1) is 36.2 Å². The number of nitrogens with zero attached hydrogens (tertiary/aromatic N) is 1. The Kier molecular flexibility index (Phi) is 10.2. The molecule has 1 aliphatic heterocycles. The van der Waals surface area contributed by atoms with Crippen LogP contribution in [0.1, 0.15) is 10.9 Å². The number of likely N-dealkylation sites (N-methyl/N-ethyl adjacent to an activating group) is 1. The van der Waals surface area contributed by atoms with Crippen molar-refractivity contribution < 1.29 is 9.53 Å². The summed E-state index contributed by atoms with van der Waals surface area (Å²) < 4.78 is 5.30. The van der Waals surface area contributed by atoms with Crippen LogP contribution in [0.15, 0.2) is 17.5 Å². The zero-order chi connectivity index (χ0) is 13.7. The Hall–Kier alpha value is -0.370. The molecule has 1 amide bonds. The summed E-state index contributed by atoms with van der Waals surface area (Å²) in [6.45, 7) is 2.49. The van der Waals surface area contributed by atoms with Crippen LogP contribution < -0.4 is 10.6 Å². The third-order valence-electron chi connectivity index (χ3n) is 3.20. The summed E-state index contributed by atoms with van der Waals surface area (Å²) in [5.74, 6) is 0.0168. The molecule has 2 N–H and O–H groups in total. The van der Waals surface area contributed by atoms with E-state index in [1.165, 1.54) is 4.88 Å². The lowest BCUT2D eigenvalue weighted by Crippen LogP contribution is -2.52. The Morgan fingerprint density at radius 1 is 1.57 bits per heavy atom. The molecule has 0 aliphatic carbocycles. The first-order chi connectivity index (χ1) is 9.18. The number of carbonyl (C=O) groups is 1. The minimum atomic E-state index is -0.222. The number of hydrogen-bond acceptors (Lipinski definition) is 5. The molecule has 0 bridgehead atoms. The molecule has 2 heterocycles. The molecule has 0 saturated carbocycles. The van der Waals surface area contributed by atoms with Crippen LogP contribution in [-0.4, -0.2) is 57.2 Å². The van der Waals surface area contributed by atoms with Crippen LogP contribution in [0.3, 0.4) is 0 Å². The zero-order valence-electron chi connectivity index (χ0n) is 12.2. The fourth-order valence-electron chi connectivity index (χ4n) is 2.07. The summed E-state index contributed by atoms with van der Waals surface area (Å²) in [6, 6.07) is 4.13. The second-order valence-electron chi connectivity index (χ2n) is 4.82.